The van der Waals surface area contributed by atoms with Gasteiger partial charge >= 0.3 is 0 Å². The molecule has 2 N–H and O–H groups in total. The van der Waals surface area contributed by atoms with Gasteiger partial charge in [-0.2, -0.15) is 0 Å². The maximum absolute atomic E-state index is 12.1. The molecule has 3 nitrogen and oxygen atoms in total. The van der Waals surface area contributed by atoms with E-state index in [9.17, 15) is 4.79 Å². The molecule has 1 rings (SSSR count). The van der Waals surface area contributed by atoms with Crippen molar-refractivity contribution in [2.24, 2.45) is 0 Å². The molecule has 1 atom stereocenters. The lowest BCUT2D eigenvalue weighted by atomic mass is 10.1. The first-order valence-electron chi connectivity index (χ1n) is 8.03. The summed E-state index contributed by atoms with van der Waals surface area (Å²) in [5.41, 5.74) is 1.84. The first-order valence-corrected chi connectivity index (χ1v) is 9.16. The average molecular weight is 380 g/mol. The molecule has 1 amide bonds. The Balaban J connectivity index is 2.55. The number of halogens is 3. The van der Waals surface area contributed by atoms with Gasteiger partial charge in [-0.3, -0.25) is 4.79 Å². The second-order valence-corrected chi connectivity index (χ2v) is 8.03. The molecule has 130 valence electrons. The quantitative estimate of drug-likeness (QED) is 0.334. The summed E-state index contributed by atoms with van der Waals surface area (Å²) in [6, 6.07) is 7.66. The minimum Gasteiger partial charge on any atom is -0.362 e. The Morgan fingerprint density at radius 2 is 1.78 bits per heavy atom. The van der Waals surface area contributed by atoms with E-state index in [4.69, 9.17) is 34.8 Å². The Morgan fingerprint density at radius 3 is 2.39 bits per heavy atom. The Labute approximate surface area is 154 Å². The number of nitrogens with one attached hydrogen (secondary N) is 2. The predicted octanol–water partition coefficient (Wildman–Crippen LogP) is 5.58. The van der Waals surface area contributed by atoms with Crippen LogP contribution in [0.5, 0.6) is 0 Å². The highest BCUT2D eigenvalue weighted by Gasteiger charge is 2.34. The van der Waals surface area contributed by atoms with Gasteiger partial charge in [-0.05, 0) is 25.0 Å². The van der Waals surface area contributed by atoms with Gasteiger partial charge in [0.1, 0.15) is 6.17 Å². The van der Waals surface area contributed by atoms with Crippen LogP contribution in [0.15, 0.2) is 24.3 Å². The van der Waals surface area contributed by atoms with Gasteiger partial charge in [0.25, 0.3) is 0 Å². The fourth-order valence-electron chi connectivity index (χ4n) is 2.21. The van der Waals surface area contributed by atoms with E-state index in [0.717, 1.165) is 30.5 Å². The maximum atomic E-state index is 12.1. The van der Waals surface area contributed by atoms with Crippen molar-refractivity contribution in [2.45, 2.75) is 62.3 Å². The highest BCUT2D eigenvalue weighted by molar-refractivity contribution is 6.68. The summed E-state index contributed by atoms with van der Waals surface area (Å²) in [6.45, 7) is 4.11. The summed E-state index contributed by atoms with van der Waals surface area (Å²) in [7, 11) is 0. The maximum Gasteiger partial charge on any atom is 0.228 e. The van der Waals surface area contributed by atoms with Gasteiger partial charge < -0.3 is 10.6 Å². The standard InChI is InChI=1S/C17H25Cl3N2O/c1-3-4-5-6-7-12-15(23)22-16(17(18,19)20)21-14-11-9-8-10-13(14)2/h8-11,16,21H,3-7,12H2,1-2H3,(H,22,23)/t16-/m0/s1. The van der Waals surface area contributed by atoms with E-state index in [1.165, 1.54) is 12.8 Å². The van der Waals surface area contributed by atoms with Crippen LogP contribution in [0, 0.1) is 6.92 Å². The molecule has 0 unspecified atom stereocenters. The van der Waals surface area contributed by atoms with Crippen molar-refractivity contribution >= 4 is 46.4 Å². The number of hydrogen-bond acceptors (Lipinski definition) is 2. The first kappa shape index (κ1) is 20.4. The average Bonchev–Trinajstić information content (AvgIpc) is 2.47. The molecule has 6 heteroatoms. The molecular formula is C17H25Cl3N2O. The number of carbonyl (C=O) groups is 1. The Kier molecular flexibility index (Phi) is 9.11. The van der Waals surface area contributed by atoms with Crippen molar-refractivity contribution in [3.05, 3.63) is 29.8 Å². The SMILES string of the molecule is CCCCCCCC(=O)N[C@H](Nc1ccccc1C)C(Cl)(Cl)Cl. The minimum atomic E-state index is -1.64. The number of unbranched alkanes of at least 4 members (excludes halogenated alkanes) is 4. The normalized spacial score (nSPS) is 12.7. The number of para-hydroxylation sites is 1. The van der Waals surface area contributed by atoms with Gasteiger partial charge in [0.15, 0.2) is 0 Å². The second-order valence-electron chi connectivity index (χ2n) is 5.67. The van der Waals surface area contributed by atoms with E-state index >= 15 is 0 Å². The molecule has 23 heavy (non-hydrogen) atoms. The zero-order valence-electron chi connectivity index (χ0n) is 13.7. The zero-order chi connectivity index (χ0) is 17.3. The third-order valence-electron chi connectivity index (χ3n) is 3.58. The van der Waals surface area contributed by atoms with Crippen LogP contribution in [0.4, 0.5) is 5.69 Å². The highest BCUT2D eigenvalue weighted by atomic mass is 35.6. The number of benzene rings is 1. The third-order valence-corrected chi connectivity index (χ3v) is 4.24. The van der Waals surface area contributed by atoms with Gasteiger partial charge in [-0.25, -0.2) is 0 Å². The largest absolute Gasteiger partial charge is 0.362 e. The van der Waals surface area contributed by atoms with Gasteiger partial charge in [0, 0.05) is 12.1 Å². The Hall–Kier alpha value is -0.640. The van der Waals surface area contributed by atoms with Gasteiger partial charge in [0.05, 0.1) is 0 Å². The Morgan fingerprint density at radius 1 is 1.13 bits per heavy atom. The number of anilines is 1. The van der Waals surface area contributed by atoms with Crippen molar-refractivity contribution < 1.29 is 4.79 Å². The number of alkyl halides is 3. The number of carbonyl (C=O) groups excluding carboxylic acids is 1. The zero-order valence-corrected chi connectivity index (χ0v) is 15.9. The molecule has 0 heterocycles. The smallest absolute Gasteiger partial charge is 0.228 e. The molecule has 0 aromatic heterocycles. The molecule has 0 saturated carbocycles. The summed E-state index contributed by atoms with van der Waals surface area (Å²) in [5.74, 6) is -0.112. The van der Waals surface area contributed by atoms with Crippen molar-refractivity contribution in [1.82, 2.24) is 5.32 Å². The summed E-state index contributed by atoms with van der Waals surface area (Å²) in [4.78, 5) is 12.1. The minimum absolute atomic E-state index is 0.112. The molecule has 0 aliphatic carbocycles. The molecule has 0 fully saturated rings. The summed E-state index contributed by atoms with van der Waals surface area (Å²) >= 11 is 18.0. The summed E-state index contributed by atoms with van der Waals surface area (Å²) in [5, 5.41) is 5.88. The van der Waals surface area contributed by atoms with Crippen molar-refractivity contribution in [2.75, 3.05) is 5.32 Å². The molecular weight excluding hydrogens is 355 g/mol. The monoisotopic (exact) mass is 378 g/mol. The first-order chi connectivity index (χ1) is 10.8. The molecule has 1 aromatic carbocycles. The lowest BCUT2D eigenvalue weighted by Crippen LogP contribution is -2.49. The molecule has 0 spiro atoms. The summed E-state index contributed by atoms with van der Waals surface area (Å²) in [6.07, 6.45) is 5.09. The number of rotatable bonds is 9. The van der Waals surface area contributed by atoms with Crippen LogP contribution in [0.1, 0.15) is 51.0 Å². The molecule has 0 radical (unpaired) electrons. The predicted molar refractivity (Wildman–Crippen MR) is 100 cm³/mol. The molecule has 0 bridgehead atoms. The molecule has 0 aliphatic rings. The van der Waals surface area contributed by atoms with Crippen LogP contribution in [-0.4, -0.2) is 15.9 Å². The van der Waals surface area contributed by atoms with Gasteiger partial charge in [-0.15, -0.1) is 0 Å². The molecule has 1 aromatic rings. The highest BCUT2D eigenvalue weighted by Crippen LogP contribution is 2.31. The van der Waals surface area contributed by atoms with Gasteiger partial charge in [0.2, 0.25) is 9.70 Å². The lowest BCUT2D eigenvalue weighted by molar-refractivity contribution is -0.121. The van der Waals surface area contributed by atoms with E-state index in [1.54, 1.807) is 0 Å². The van der Waals surface area contributed by atoms with Crippen LogP contribution in [-0.2, 0) is 4.79 Å². The second kappa shape index (κ2) is 10.3. The third kappa shape index (κ3) is 8.14. The molecule has 0 saturated heterocycles. The van der Waals surface area contributed by atoms with Crippen LogP contribution in [0.25, 0.3) is 0 Å². The molecule has 0 aliphatic heterocycles. The van der Waals surface area contributed by atoms with E-state index < -0.39 is 9.96 Å². The van der Waals surface area contributed by atoms with Gasteiger partial charge in [-0.1, -0.05) is 85.6 Å². The van der Waals surface area contributed by atoms with Crippen molar-refractivity contribution in [1.29, 1.82) is 0 Å². The van der Waals surface area contributed by atoms with E-state index in [1.807, 2.05) is 31.2 Å². The summed E-state index contributed by atoms with van der Waals surface area (Å²) < 4.78 is -1.64. The van der Waals surface area contributed by atoms with Crippen LogP contribution < -0.4 is 10.6 Å². The van der Waals surface area contributed by atoms with E-state index in [-0.39, 0.29) is 5.91 Å². The van der Waals surface area contributed by atoms with Crippen LogP contribution in [0.3, 0.4) is 0 Å². The topological polar surface area (TPSA) is 41.1 Å². The lowest BCUT2D eigenvalue weighted by Gasteiger charge is -2.28. The fourth-order valence-corrected chi connectivity index (χ4v) is 2.54. The van der Waals surface area contributed by atoms with Crippen LogP contribution in [0.2, 0.25) is 0 Å². The van der Waals surface area contributed by atoms with E-state index in [2.05, 4.69) is 17.6 Å². The number of amides is 1. The van der Waals surface area contributed by atoms with Crippen LogP contribution >= 0.6 is 34.8 Å². The Bertz CT molecular complexity index is 489. The van der Waals surface area contributed by atoms with Crippen molar-refractivity contribution in [3.63, 3.8) is 0 Å². The number of hydrogen-bond donors (Lipinski definition) is 2. The van der Waals surface area contributed by atoms with Crippen molar-refractivity contribution in [3.8, 4) is 0 Å². The van der Waals surface area contributed by atoms with E-state index in [0.29, 0.717) is 6.42 Å². The fraction of sp³-hybridized carbons (Fsp3) is 0.588. The number of aryl methyl sites for hydroxylation is 1.